The minimum absolute atomic E-state index is 0.0223. The summed E-state index contributed by atoms with van der Waals surface area (Å²) in [6, 6.07) is 24.7. The van der Waals surface area contributed by atoms with Crippen LogP contribution in [0.4, 0.5) is 10.6 Å². The van der Waals surface area contributed by atoms with Crippen molar-refractivity contribution < 1.29 is 47.5 Å². The first-order chi connectivity index (χ1) is 32.4. The van der Waals surface area contributed by atoms with Gasteiger partial charge in [0.1, 0.15) is 29.6 Å². The molecule has 2 unspecified atom stereocenters. The van der Waals surface area contributed by atoms with Gasteiger partial charge in [-0.1, -0.05) is 104 Å². The molecule has 0 aliphatic carbocycles. The van der Waals surface area contributed by atoms with Gasteiger partial charge in [0, 0.05) is 58.0 Å². The monoisotopic (exact) mass is 940 g/mol. The maximum atomic E-state index is 15.9. The molecule has 19 heteroatoms. The number of rotatable bonds is 21. The maximum absolute atomic E-state index is 15.9. The molecule has 5 atom stereocenters. The zero-order chi connectivity index (χ0) is 47.8. The van der Waals surface area contributed by atoms with Crippen LogP contribution >= 0.6 is 7.44 Å². The van der Waals surface area contributed by atoms with E-state index in [0.29, 0.717) is 42.0 Å². The lowest BCUT2D eigenvalue weighted by molar-refractivity contribution is -0.143. The molecule has 2 aliphatic rings. The largest absolute Gasteiger partial charge is 0.468 e. The van der Waals surface area contributed by atoms with Crippen LogP contribution in [-0.2, 0) is 50.7 Å². The van der Waals surface area contributed by atoms with Crippen molar-refractivity contribution in [3.05, 3.63) is 114 Å². The van der Waals surface area contributed by atoms with Crippen molar-refractivity contribution in [2.75, 3.05) is 78.3 Å². The van der Waals surface area contributed by atoms with Crippen LogP contribution in [0.15, 0.2) is 97.1 Å². The fraction of sp³-hybridized carbons (Fsp3) is 0.438. The Morgan fingerprint density at radius 1 is 0.731 bits per heavy atom. The maximum Gasteiger partial charge on any atom is 0.409 e. The molecule has 0 radical (unpaired) electrons. The Kier molecular flexibility index (Phi) is 18.4. The second-order valence-electron chi connectivity index (χ2n) is 16.4. The summed E-state index contributed by atoms with van der Waals surface area (Å²) in [4.78, 5) is 84.1. The number of methoxy groups -OCH3 is 3. The van der Waals surface area contributed by atoms with Gasteiger partial charge >= 0.3 is 18.0 Å². The quantitative estimate of drug-likeness (QED) is 0.0455. The van der Waals surface area contributed by atoms with Crippen molar-refractivity contribution in [1.82, 2.24) is 35.3 Å². The molecule has 4 aromatic rings. The lowest BCUT2D eigenvalue weighted by Crippen LogP contribution is -2.58. The van der Waals surface area contributed by atoms with Crippen molar-refractivity contribution in [1.29, 1.82) is 0 Å². The molecule has 67 heavy (non-hydrogen) atoms. The van der Waals surface area contributed by atoms with Gasteiger partial charge in [-0.15, -0.1) is 0 Å². The SMILES string of the molecule is CCCCOC(=O)N1CCN(C(=O)C(CP(=O)(N[C@@H](Cc2ccccc2)C(=O)OC)N[C@H](Cc2ccccc2)C(=O)OC)NC(=O)c2cc(N3CC[C@H](OC)C3)nc(-c3ccccc3)n2)CC1. The summed E-state index contributed by atoms with van der Waals surface area (Å²) in [5.74, 6) is -2.15. The van der Waals surface area contributed by atoms with Gasteiger partial charge in [-0.05, 0) is 36.8 Å². The van der Waals surface area contributed by atoms with Gasteiger partial charge in [-0.25, -0.2) is 24.9 Å². The summed E-state index contributed by atoms with van der Waals surface area (Å²) >= 11 is 0. The van der Waals surface area contributed by atoms with Crippen LogP contribution in [-0.4, -0.2) is 147 Å². The normalized spacial score (nSPS) is 17.1. The fourth-order valence-electron chi connectivity index (χ4n) is 7.95. The standard InChI is InChI=1S/C48H61N8O10P/c1-5-6-28-66-48(61)55-26-24-54(25-27-55)45(58)41(50-44(57)38-31-42(56-23-22-37(32-56)63-2)51-43(49-38)36-20-14-9-15-21-36)33-67(62,52-39(46(59)64-3)29-34-16-10-7-11-17-34)53-40(47(60)65-4)30-35-18-12-8-13-19-35/h7-21,31,37,39-41H,5-6,22-30,32-33H2,1-4H3,(H,50,57)(H2,52,53,62)/t37-,39-,40+,41?,67?/m0/s1. The van der Waals surface area contributed by atoms with Crippen LogP contribution in [0, 0.1) is 0 Å². The number of unbranched alkanes of at least 4 members (excludes halogenated alkanes) is 1. The van der Waals surface area contributed by atoms with E-state index in [0.717, 1.165) is 12.8 Å². The van der Waals surface area contributed by atoms with E-state index >= 15 is 4.57 Å². The van der Waals surface area contributed by atoms with E-state index in [9.17, 15) is 24.0 Å². The summed E-state index contributed by atoms with van der Waals surface area (Å²) in [5, 5.41) is 8.82. The number of aromatic nitrogens is 2. The average molecular weight is 941 g/mol. The van der Waals surface area contributed by atoms with Crippen molar-refractivity contribution in [3.63, 3.8) is 0 Å². The van der Waals surface area contributed by atoms with Gasteiger partial charge in [0.25, 0.3) is 5.91 Å². The van der Waals surface area contributed by atoms with E-state index in [1.165, 1.54) is 24.0 Å². The van der Waals surface area contributed by atoms with Crippen LogP contribution in [0.2, 0.25) is 0 Å². The zero-order valence-corrected chi connectivity index (χ0v) is 39.4. The lowest BCUT2D eigenvalue weighted by Gasteiger charge is -2.37. The van der Waals surface area contributed by atoms with Gasteiger partial charge in [-0.2, -0.15) is 0 Å². The molecule has 2 fully saturated rings. The molecule has 0 saturated carbocycles. The van der Waals surface area contributed by atoms with E-state index in [1.807, 2.05) is 54.3 Å². The lowest BCUT2D eigenvalue weighted by atomic mass is 10.1. The predicted molar refractivity (Wildman–Crippen MR) is 251 cm³/mol. The Labute approximate surface area is 391 Å². The molecule has 3 aromatic carbocycles. The number of ether oxygens (including phenoxy) is 4. The number of hydrogen-bond donors (Lipinski definition) is 3. The van der Waals surface area contributed by atoms with Gasteiger partial charge in [-0.3, -0.25) is 23.7 Å². The van der Waals surface area contributed by atoms with Crippen LogP contribution in [0.25, 0.3) is 11.4 Å². The fourth-order valence-corrected chi connectivity index (χ4v) is 10.4. The minimum atomic E-state index is -4.39. The Balaban J connectivity index is 1.39. The third-order valence-corrected chi connectivity index (χ3v) is 14.0. The smallest absolute Gasteiger partial charge is 0.409 e. The number of nitrogens with one attached hydrogen (secondary N) is 3. The summed E-state index contributed by atoms with van der Waals surface area (Å²) in [6.07, 6.45) is 1.18. The highest BCUT2D eigenvalue weighted by Crippen LogP contribution is 2.40. The predicted octanol–water partition coefficient (Wildman–Crippen LogP) is 4.49. The first-order valence-corrected chi connectivity index (χ1v) is 24.4. The highest BCUT2D eigenvalue weighted by atomic mass is 31.2. The van der Waals surface area contributed by atoms with E-state index < -0.39 is 61.6 Å². The van der Waals surface area contributed by atoms with E-state index in [1.54, 1.807) is 61.7 Å². The number of anilines is 1. The third kappa shape index (κ3) is 14.2. The first-order valence-electron chi connectivity index (χ1n) is 22.5. The minimum Gasteiger partial charge on any atom is -0.468 e. The second-order valence-corrected chi connectivity index (χ2v) is 18.8. The first kappa shape index (κ1) is 50.2. The highest BCUT2D eigenvalue weighted by Gasteiger charge is 2.41. The topological polar surface area (TPSA) is 211 Å². The van der Waals surface area contributed by atoms with Crippen molar-refractivity contribution in [3.8, 4) is 11.4 Å². The molecule has 3 N–H and O–H groups in total. The van der Waals surface area contributed by atoms with E-state index in [2.05, 4.69) is 20.5 Å². The summed E-state index contributed by atoms with van der Waals surface area (Å²) in [7, 11) is -0.337. The summed E-state index contributed by atoms with van der Waals surface area (Å²) in [5.41, 5.74) is 2.01. The number of nitrogens with zero attached hydrogens (tertiary/aromatic N) is 5. The molecule has 2 aliphatic heterocycles. The summed E-state index contributed by atoms with van der Waals surface area (Å²) in [6.45, 7) is 3.82. The molecular formula is C48H61N8O10P. The average Bonchev–Trinajstić information content (AvgIpc) is 3.86. The van der Waals surface area contributed by atoms with Crippen LogP contribution in [0.1, 0.15) is 47.8 Å². The summed E-state index contributed by atoms with van der Waals surface area (Å²) < 4.78 is 37.3. The van der Waals surface area contributed by atoms with Crippen LogP contribution < -0.4 is 20.4 Å². The molecule has 358 valence electrons. The second kappa shape index (κ2) is 24.5. The number of hydrogen-bond acceptors (Lipinski definition) is 13. The Morgan fingerprint density at radius 2 is 1.28 bits per heavy atom. The molecule has 3 amide bonds. The van der Waals surface area contributed by atoms with Gasteiger partial charge in [0.15, 0.2) is 5.82 Å². The Hall–Kier alpha value is -6.20. The van der Waals surface area contributed by atoms with Crippen LogP contribution in [0.3, 0.4) is 0 Å². The molecule has 0 bridgehead atoms. The highest BCUT2D eigenvalue weighted by molar-refractivity contribution is 7.60. The Morgan fingerprint density at radius 3 is 1.81 bits per heavy atom. The molecule has 1 aromatic heterocycles. The molecule has 2 saturated heterocycles. The molecule has 3 heterocycles. The molecule has 0 spiro atoms. The third-order valence-electron chi connectivity index (χ3n) is 11.7. The number of esters is 2. The number of amides is 3. The van der Waals surface area contributed by atoms with Crippen LogP contribution in [0.5, 0.6) is 0 Å². The number of piperazine rings is 1. The molecule has 18 nitrogen and oxygen atoms in total. The number of carbonyl (C=O) groups excluding carboxylic acids is 5. The van der Waals surface area contributed by atoms with Crippen molar-refractivity contribution in [2.45, 2.75) is 63.3 Å². The zero-order valence-electron chi connectivity index (χ0n) is 38.5. The number of benzene rings is 3. The number of carbonyl (C=O) groups is 5. The van der Waals surface area contributed by atoms with E-state index in [4.69, 9.17) is 23.9 Å². The Bertz CT molecular complexity index is 2250. The van der Waals surface area contributed by atoms with Gasteiger partial charge in [0.05, 0.1) is 33.1 Å². The molecular weight excluding hydrogens is 880 g/mol. The van der Waals surface area contributed by atoms with Gasteiger partial charge < -0.3 is 39.0 Å². The molecule has 6 rings (SSSR count). The van der Waals surface area contributed by atoms with Crippen molar-refractivity contribution in [2.24, 2.45) is 0 Å². The van der Waals surface area contributed by atoms with Crippen molar-refractivity contribution >= 4 is 43.1 Å². The van der Waals surface area contributed by atoms with E-state index in [-0.39, 0.29) is 63.2 Å². The van der Waals surface area contributed by atoms with Gasteiger partial charge in [0.2, 0.25) is 13.4 Å².